The smallest absolute Gasteiger partial charge is 0.310 e. The normalized spacial score (nSPS) is 9.58. The fourth-order valence-corrected chi connectivity index (χ4v) is 2.29. The largest absolute Gasteiger partial charge is 0.324 e. The first kappa shape index (κ1) is 15.1. The first-order chi connectivity index (χ1) is 5.54. The molecule has 0 fully saturated rings. The molecule has 0 atom stereocenters. The molecule has 0 heterocycles. The van der Waals surface area contributed by atoms with Crippen molar-refractivity contribution in [1.82, 2.24) is 0 Å². The summed E-state index contributed by atoms with van der Waals surface area (Å²) < 4.78 is 8.46. The summed E-state index contributed by atoms with van der Waals surface area (Å²) in [7, 11) is -0.833. The van der Waals surface area contributed by atoms with Gasteiger partial charge in [0.15, 0.2) is 0 Å². The summed E-state index contributed by atoms with van der Waals surface area (Å²) in [5, 5.41) is 2.97. The molecular weight excluding hydrogens is 186 g/mol. The van der Waals surface area contributed by atoms with Crippen LogP contribution >= 0.6 is 8.69 Å². The number of hydrogen-bond acceptors (Lipinski definition) is 1. The summed E-state index contributed by atoms with van der Waals surface area (Å²) in [5.74, 6) is 1.86. The van der Waals surface area contributed by atoms with Gasteiger partial charge in [-0.25, -0.2) is 4.57 Å². The molecule has 0 saturated carbocycles. The molecule has 0 aromatic carbocycles. The number of hydrogen-bond donors (Lipinski definition) is 1. The van der Waals surface area contributed by atoms with Gasteiger partial charge in [0.05, 0.1) is 0 Å². The average Bonchev–Trinajstić information content (AvgIpc) is 1.87. The van der Waals surface area contributed by atoms with E-state index in [1.54, 1.807) is 0 Å². The van der Waals surface area contributed by atoms with E-state index in [4.69, 9.17) is 9.46 Å². The second kappa shape index (κ2) is 11.6. The predicted molar refractivity (Wildman–Crippen MR) is 54.9 cm³/mol. The van der Waals surface area contributed by atoms with E-state index in [9.17, 15) is 0 Å². The predicted octanol–water partition coefficient (Wildman–Crippen LogP) is 3.02. The van der Waals surface area contributed by atoms with Crippen LogP contribution in [0.4, 0.5) is 0 Å². The van der Waals surface area contributed by atoms with Crippen LogP contribution in [-0.2, 0) is 4.57 Å². The summed E-state index contributed by atoms with van der Waals surface area (Å²) in [6.07, 6.45) is 0. The Labute approximate surface area is 83.8 Å². The van der Waals surface area contributed by atoms with Crippen molar-refractivity contribution >= 4 is 23.9 Å². The molecule has 0 unspecified atom stereocenters. The van der Waals surface area contributed by atoms with Crippen LogP contribution in [0.1, 0.15) is 27.7 Å². The summed E-state index contributed by atoms with van der Waals surface area (Å²) in [5.41, 5.74) is 0. The fourth-order valence-electron chi connectivity index (χ4n) is 0.763. The number of rotatable bonds is 4. The van der Waals surface area contributed by atoms with Gasteiger partial charge in [0.25, 0.3) is 0 Å². The van der Waals surface area contributed by atoms with Crippen LogP contribution < -0.4 is 0 Å². The van der Waals surface area contributed by atoms with Crippen LogP contribution in [0.15, 0.2) is 0 Å². The van der Waals surface area contributed by atoms with Crippen molar-refractivity contribution in [3.63, 3.8) is 0 Å². The third kappa shape index (κ3) is 22.4. The topological polar surface area (TPSA) is 37.3 Å². The van der Waals surface area contributed by atoms with Crippen molar-refractivity contribution in [3.05, 3.63) is 0 Å². The van der Waals surface area contributed by atoms with E-state index in [1.165, 1.54) is 10.6 Å². The zero-order chi connectivity index (χ0) is 9.98. The minimum Gasteiger partial charge on any atom is -0.310 e. The molecule has 4 heteroatoms. The van der Waals surface area contributed by atoms with Crippen molar-refractivity contribution in [3.8, 4) is 0 Å². The van der Waals surface area contributed by atoms with Crippen molar-refractivity contribution in [2.24, 2.45) is 11.8 Å². The van der Waals surface area contributed by atoms with Gasteiger partial charge in [0.2, 0.25) is 0 Å². The van der Waals surface area contributed by atoms with Crippen LogP contribution in [0, 0.1) is 11.8 Å². The van der Waals surface area contributed by atoms with E-state index in [2.05, 4.69) is 27.7 Å². The molecule has 0 aromatic rings. The Kier molecular flexibility index (Phi) is 14.6. The molecule has 0 spiro atoms. The quantitative estimate of drug-likeness (QED) is 0.565. The second-order valence-corrected chi connectivity index (χ2v) is 5.31. The minimum atomic E-state index is -0.833. The third-order valence-corrected chi connectivity index (χ3v) is 3.83. The van der Waals surface area contributed by atoms with Crippen LogP contribution in [0.2, 0.25) is 10.6 Å². The first-order valence-electron chi connectivity index (χ1n) is 4.32. The van der Waals surface area contributed by atoms with Crippen molar-refractivity contribution in [2.45, 2.75) is 38.3 Å². The zero-order valence-electron chi connectivity index (χ0n) is 8.45. The molecule has 2 nitrogen and oxygen atoms in total. The van der Waals surface area contributed by atoms with Gasteiger partial charge in [-0.15, -0.1) is 0 Å². The standard InChI is InChI=1S/2C4H9.Al.HO2P/c2*1-4(2)3;;1-3-2/h2*4H,1H2,2-3H3;;(H,1,2)/q;;+1;. The average molecular weight is 205 g/mol. The van der Waals surface area contributed by atoms with Gasteiger partial charge in [0.1, 0.15) is 0 Å². The molecule has 0 aliphatic carbocycles. The first-order valence-corrected chi connectivity index (χ1v) is 6.72. The molecular formula is C8H19AlO2P+. The van der Waals surface area contributed by atoms with Crippen molar-refractivity contribution in [1.29, 1.82) is 0 Å². The summed E-state index contributed by atoms with van der Waals surface area (Å²) >= 11 is 0.755. The van der Waals surface area contributed by atoms with Crippen LogP contribution in [0.5, 0.6) is 0 Å². The monoisotopic (exact) mass is 205 g/mol. The summed E-state index contributed by atoms with van der Waals surface area (Å²) in [4.78, 5) is 6.99. The van der Waals surface area contributed by atoms with Gasteiger partial charge >= 0.3 is 74.0 Å². The van der Waals surface area contributed by atoms with Crippen LogP contribution in [0.3, 0.4) is 0 Å². The van der Waals surface area contributed by atoms with Crippen molar-refractivity contribution in [2.75, 3.05) is 0 Å². The molecule has 0 aliphatic rings. The van der Waals surface area contributed by atoms with E-state index in [1.807, 2.05) is 0 Å². The molecule has 0 radical (unpaired) electrons. The van der Waals surface area contributed by atoms with E-state index in [-0.39, 0.29) is 0 Å². The van der Waals surface area contributed by atoms with E-state index in [0.29, 0.717) is 0 Å². The Morgan fingerprint density at radius 3 is 1.58 bits per heavy atom. The molecule has 0 amide bonds. The molecule has 12 heavy (non-hydrogen) atoms. The molecule has 1 N–H and O–H groups in total. The van der Waals surface area contributed by atoms with Crippen molar-refractivity contribution < 1.29 is 9.46 Å². The van der Waals surface area contributed by atoms with E-state index < -0.39 is 8.69 Å². The Hall–Kier alpha value is 0.592. The zero-order valence-corrected chi connectivity index (χ0v) is 10.5. The molecule has 0 saturated heterocycles. The minimum absolute atomic E-state index is 0.755. The van der Waals surface area contributed by atoms with Gasteiger partial charge in [-0.1, -0.05) is 0 Å². The van der Waals surface area contributed by atoms with Crippen LogP contribution in [0.25, 0.3) is 0 Å². The maximum atomic E-state index is 8.46. The summed E-state index contributed by atoms with van der Waals surface area (Å²) in [6, 6.07) is 0. The molecule has 0 rings (SSSR count). The van der Waals surface area contributed by atoms with E-state index in [0.717, 1.165) is 27.1 Å². The van der Waals surface area contributed by atoms with Crippen LogP contribution in [-0.4, -0.2) is 20.1 Å². The Balaban J connectivity index is 0. The van der Waals surface area contributed by atoms with Gasteiger partial charge in [-0.05, 0) is 0 Å². The Morgan fingerprint density at radius 1 is 1.17 bits per heavy atom. The summed E-state index contributed by atoms with van der Waals surface area (Å²) in [6.45, 7) is 9.25. The van der Waals surface area contributed by atoms with E-state index >= 15 is 0 Å². The Morgan fingerprint density at radius 2 is 1.42 bits per heavy atom. The van der Waals surface area contributed by atoms with Gasteiger partial charge < -0.3 is 4.89 Å². The van der Waals surface area contributed by atoms with Gasteiger partial charge in [-0.3, -0.25) is 0 Å². The van der Waals surface area contributed by atoms with Gasteiger partial charge in [0, 0.05) is 0 Å². The molecule has 0 aliphatic heterocycles. The molecule has 0 aromatic heterocycles. The fraction of sp³-hybridized carbons (Fsp3) is 1.00. The SMILES string of the molecule is CC(C)[CH2][Al+][CH2]C(C)C.O=PO. The molecule has 0 bridgehead atoms. The van der Waals surface area contributed by atoms with Gasteiger partial charge in [-0.2, -0.15) is 0 Å². The molecule has 70 valence electrons. The third-order valence-electron chi connectivity index (χ3n) is 1.28. The Bertz CT molecular complexity index is 89.1. The second-order valence-electron chi connectivity index (χ2n) is 3.63. The maximum absolute atomic E-state index is 8.46. The maximum Gasteiger partial charge on any atom is 0.324 e.